The van der Waals surface area contributed by atoms with Gasteiger partial charge in [-0.1, -0.05) is 12.1 Å². The van der Waals surface area contributed by atoms with Gasteiger partial charge in [0.15, 0.2) is 11.3 Å². The van der Waals surface area contributed by atoms with Crippen LogP contribution in [0.5, 0.6) is 0 Å². The molecule has 0 fully saturated rings. The highest BCUT2D eigenvalue weighted by Crippen LogP contribution is 2.22. The van der Waals surface area contributed by atoms with Gasteiger partial charge >= 0.3 is 0 Å². The van der Waals surface area contributed by atoms with E-state index >= 15 is 0 Å². The summed E-state index contributed by atoms with van der Waals surface area (Å²) in [5.74, 6) is -0.164. The van der Waals surface area contributed by atoms with E-state index in [2.05, 4.69) is 15.4 Å². The molecule has 4 rings (SSSR count). The maximum absolute atomic E-state index is 12.8. The minimum atomic E-state index is -3.65. The summed E-state index contributed by atoms with van der Waals surface area (Å²) in [5.41, 5.74) is 1.30. The summed E-state index contributed by atoms with van der Waals surface area (Å²) >= 11 is 0. The number of pyridine rings is 1. The molecular weight excluding hydrogens is 404 g/mol. The van der Waals surface area contributed by atoms with Crippen LogP contribution < -0.4 is 5.32 Å². The Morgan fingerprint density at radius 2 is 1.90 bits per heavy atom. The van der Waals surface area contributed by atoms with E-state index in [0.29, 0.717) is 5.58 Å². The molecule has 3 heterocycles. The van der Waals surface area contributed by atoms with Crippen molar-refractivity contribution in [1.82, 2.24) is 20.1 Å². The Kier molecular flexibility index (Phi) is 5.13. The number of hydrogen-bond donors (Lipinski definition) is 1. The Morgan fingerprint density at radius 1 is 1.13 bits per heavy atom. The lowest BCUT2D eigenvalue weighted by atomic mass is 10.2. The summed E-state index contributed by atoms with van der Waals surface area (Å²) in [6.45, 7) is 4.09. The standard InChI is InChI=1S/C21H20N4O4S/c1-14(2)25-13-18(11-24-25)30(27,28)17-5-3-15(4-6-17)10-23-21(26)19-9-16-7-8-22-12-20(16)29-19/h3-9,11-14H,10H2,1-2H3,(H,23,26). The normalized spacial score (nSPS) is 11.8. The highest BCUT2D eigenvalue weighted by molar-refractivity contribution is 7.91. The molecule has 4 aromatic rings. The second kappa shape index (κ2) is 7.75. The minimum absolute atomic E-state index is 0.0722. The van der Waals surface area contributed by atoms with Gasteiger partial charge in [-0.05, 0) is 43.7 Å². The van der Waals surface area contributed by atoms with Crippen molar-refractivity contribution in [2.45, 2.75) is 36.2 Å². The van der Waals surface area contributed by atoms with Crippen molar-refractivity contribution in [3.05, 3.63) is 72.5 Å². The van der Waals surface area contributed by atoms with Gasteiger partial charge in [0.2, 0.25) is 9.84 Å². The van der Waals surface area contributed by atoms with Crippen LogP contribution >= 0.6 is 0 Å². The van der Waals surface area contributed by atoms with Crippen LogP contribution in [0.4, 0.5) is 0 Å². The molecule has 1 amide bonds. The topological polar surface area (TPSA) is 107 Å². The van der Waals surface area contributed by atoms with Crippen LogP contribution in [0.1, 0.15) is 36.0 Å². The summed E-state index contributed by atoms with van der Waals surface area (Å²) in [6, 6.07) is 9.87. The quantitative estimate of drug-likeness (QED) is 0.509. The summed E-state index contributed by atoms with van der Waals surface area (Å²) in [4.78, 5) is 16.6. The van der Waals surface area contributed by atoms with Gasteiger partial charge < -0.3 is 9.73 Å². The zero-order valence-electron chi connectivity index (χ0n) is 16.4. The Hall–Kier alpha value is -3.46. The van der Waals surface area contributed by atoms with E-state index in [0.717, 1.165) is 10.9 Å². The predicted octanol–water partition coefficient (Wildman–Crippen LogP) is 3.37. The molecule has 0 aliphatic rings. The lowest BCUT2D eigenvalue weighted by Gasteiger charge is -2.06. The van der Waals surface area contributed by atoms with Crippen molar-refractivity contribution in [2.24, 2.45) is 0 Å². The summed E-state index contributed by atoms with van der Waals surface area (Å²) in [6.07, 6.45) is 6.06. The number of sulfone groups is 1. The maximum atomic E-state index is 12.8. The van der Waals surface area contributed by atoms with Gasteiger partial charge in [-0.3, -0.25) is 14.5 Å². The fourth-order valence-electron chi connectivity index (χ4n) is 2.93. The lowest BCUT2D eigenvalue weighted by molar-refractivity contribution is 0.0925. The number of amides is 1. The molecule has 0 saturated heterocycles. The van der Waals surface area contributed by atoms with E-state index in [1.54, 1.807) is 41.3 Å². The molecule has 1 aromatic carbocycles. The highest BCUT2D eigenvalue weighted by Gasteiger charge is 2.20. The second-order valence-electron chi connectivity index (χ2n) is 7.10. The Bertz CT molecular complexity index is 1270. The molecule has 1 N–H and O–H groups in total. The summed E-state index contributed by atoms with van der Waals surface area (Å²) in [7, 11) is -3.65. The van der Waals surface area contributed by atoms with Crippen LogP contribution in [-0.4, -0.2) is 29.1 Å². The molecule has 0 atom stereocenters. The molecular formula is C21H20N4O4S. The number of fused-ring (bicyclic) bond motifs is 1. The van der Waals surface area contributed by atoms with Gasteiger partial charge in [-0.25, -0.2) is 8.42 Å². The van der Waals surface area contributed by atoms with Crippen LogP contribution in [0.15, 0.2) is 75.4 Å². The van der Waals surface area contributed by atoms with E-state index in [9.17, 15) is 13.2 Å². The van der Waals surface area contributed by atoms with Crippen LogP contribution in [0.3, 0.4) is 0 Å². The third-order valence-electron chi connectivity index (χ3n) is 4.65. The molecule has 0 aliphatic heterocycles. The average Bonchev–Trinajstić information content (AvgIpc) is 3.40. The van der Waals surface area contributed by atoms with Crippen LogP contribution in [0.25, 0.3) is 11.0 Å². The number of carbonyl (C=O) groups excluding carboxylic acids is 1. The zero-order valence-corrected chi connectivity index (χ0v) is 17.3. The SMILES string of the molecule is CC(C)n1cc(S(=O)(=O)c2ccc(CNC(=O)c3cc4ccncc4o3)cc2)cn1. The minimum Gasteiger partial charge on any atom is -0.449 e. The summed E-state index contributed by atoms with van der Waals surface area (Å²) in [5, 5.41) is 7.66. The highest BCUT2D eigenvalue weighted by atomic mass is 32.2. The van der Waals surface area contributed by atoms with E-state index in [1.807, 2.05) is 13.8 Å². The van der Waals surface area contributed by atoms with E-state index in [1.165, 1.54) is 24.5 Å². The van der Waals surface area contributed by atoms with Crippen molar-refractivity contribution >= 4 is 26.7 Å². The molecule has 0 bridgehead atoms. The number of hydrogen-bond acceptors (Lipinski definition) is 6. The molecule has 0 aliphatic carbocycles. The molecule has 0 spiro atoms. The van der Waals surface area contributed by atoms with Crippen LogP contribution in [-0.2, 0) is 16.4 Å². The van der Waals surface area contributed by atoms with Gasteiger partial charge in [0.05, 0.1) is 17.3 Å². The smallest absolute Gasteiger partial charge is 0.287 e. The van der Waals surface area contributed by atoms with Crippen molar-refractivity contribution < 1.29 is 17.6 Å². The van der Waals surface area contributed by atoms with Crippen molar-refractivity contribution in [3.8, 4) is 0 Å². The molecule has 0 radical (unpaired) electrons. The maximum Gasteiger partial charge on any atom is 0.287 e. The van der Waals surface area contributed by atoms with Crippen LogP contribution in [0.2, 0.25) is 0 Å². The summed E-state index contributed by atoms with van der Waals surface area (Å²) < 4.78 is 32.6. The first-order valence-corrected chi connectivity index (χ1v) is 10.8. The fraction of sp³-hybridized carbons (Fsp3) is 0.190. The van der Waals surface area contributed by atoms with Gasteiger partial charge in [0.1, 0.15) is 4.90 Å². The monoisotopic (exact) mass is 424 g/mol. The molecule has 8 nitrogen and oxygen atoms in total. The first-order chi connectivity index (χ1) is 14.3. The molecule has 0 saturated carbocycles. The van der Waals surface area contributed by atoms with Gasteiger partial charge in [-0.15, -0.1) is 0 Å². The number of aromatic nitrogens is 3. The second-order valence-corrected chi connectivity index (χ2v) is 9.05. The number of rotatable bonds is 6. The first kappa shape index (κ1) is 19.8. The van der Waals surface area contributed by atoms with E-state index < -0.39 is 9.84 Å². The molecule has 3 aromatic heterocycles. The number of carbonyl (C=O) groups is 1. The first-order valence-electron chi connectivity index (χ1n) is 9.34. The molecule has 9 heteroatoms. The Balaban J connectivity index is 1.44. The third kappa shape index (κ3) is 3.84. The number of benzene rings is 1. The average molecular weight is 424 g/mol. The molecule has 30 heavy (non-hydrogen) atoms. The number of nitrogens with one attached hydrogen (secondary N) is 1. The van der Waals surface area contributed by atoms with Gasteiger partial charge in [0, 0.05) is 30.4 Å². The Morgan fingerprint density at radius 3 is 2.57 bits per heavy atom. The Labute approximate surface area is 173 Å². The van der Waals surface area contributed by atoms with Crippen molar-refractivity contribution in [2.75, 3.05) is 0 Å². The zero-order chi connectivity index (χ0) is 21.3. The largest absolute Gasteiger partial charge is 0.449 e. The lowest BCUT2D eigenvalue weighted by Crippen LogP contribution is -2.22. The number of nitrogens with zero attached hydrogens (tertiary/aromatic N) is 3. The van der Waals surface area contributed by atoms with Crippen molar-refractivity contribution in [3.63, 3.8) is 0 Å². The van der Waals surface area contributed by atoms with E-state index in [-0.39, 0.29) is 34.0 Å². The third-order valence-corrected chi connectivity index (χ3v) is 6.37. The van der Waals surface area contributed by atoms with E-state index in [4.69, 9.17) is 4.42 Å². The predicted molar refractivity (Wildman–Crippen MR) is 110 cm³/mol. The molecule has 0 unspecified atom stereocenters. The van der Waals surface area contributed by atoms with Crippen LogP contribution in [0, 0.1) is 0 Å². The fourth-order valence-corrected chi connectivity index (χ4v) is 4.13. The number of furan rings is 1. The van der Waals surface area contributed by atoms with Gasteiger partial charge in [0.25, 0.3) is 5.91 Å². The molecule has 154 valence electrons. The van der Waals surface area contributed by atoms with Gasteiger partial charge in [-0.2, -0.15) is 5.10 Å². The van der Waals surface area contributed by atoms with Crippen molar-refractivity contribution in [1.29, 1.82) is 0 Å².